The summed E-state index contributed by atoms with van der Waals surface area (Å²) in [6.07, 6.45) is 5.01. The highest BCUT2D eigenvalue weighted by Crippen LogP contribution is 2.24. The minimum atomic E-state index is 0.666. The molecular formula is C23H25ClN4O. The molecule has 2 heterocycles. The molecule has 0 radical (unpaired) electrons. The maximum atomic E-state index is 6.19. The lowest BCUT2D eigenvalue weighted by Gasteiger charge is -2.26. The Hall–Kier alpha value is -2.47. The van der Waals surface area contributed by atoms with Gasteiger partial charge in [-0.05, 0) is 42.8 Å². The molecule has 0 amide bonds. The number of aromatic nitrogens is 2. The van der Waals surface area contributed by atoms with Crippen LogP contribution in [0.15, 0.2) is 48.5 Å². The van der Waals surface area contributed by atoms with E-state index in [9.17, 15) is 0 Å². The summed E-state index contributed by atoms with van der Waals surface area (Å²) >= 11 is 6.19. The summed E-state index contributed by atoms with van der Waals surface area (Å²) in [5.74, 6) is 1.51. The van der Waals surface area contributed by atoms with Crippen LogP contribution in [0.2, 0.25) is 5.02 Å². The van der Waals surface area contributed by atoms with Crippen LogP contribution in [0.25, 0.3) is 23.1 Å². The fraction of sp³-hybridized carbons (Fsp3) is 0.304. The Morgan fingerprint density at radius 3 is 2.69 bits per heavy atom. The molecule has 1 saturated heterocycles. The van der Waals surface area contributed by atoms with E-state index in [0.717, 1.165) is 68.1 Å². The van der Waals surface area contributed by atoms with Crippen LogP contribution >= 0.6 is 11.6 Å². The number of morpholine rings is 1. The smallest absolute Gasteiger partial charge is 0.154 e. The van der Waals surface area contributed by atoms with Crippen LogP contribution in [-0.2, 0) is 4.74 Å². The topological polar surface area (TPSA) is 50.3 Å². The van der Waals surface area contributed by atoms with E-state index in [1.165, 1.54) is 0 Å². The van der Waals surface area contributed by atoms with Gasteiger partial charge in [-0.3, -0.25) is 4.90 Å². The molecule has 6 heteroatoms. The molecule has 2 aromatic carbocycles. The number of ether oxygens (including phenoxy) is 1. The molecule has 4 rings (SSSR count). The van der Waals surface area contributed by atoms with Crippen molar-refractivity contribution in [3.05, 3.63) is 64.9 Å². The number of hydrogen-bond donors (Lipinski definition) is 1. The first-order chi connectivity index (χ1) is 14.3. The molecule has 150 valence electrons. The van der Waals surface area contributed by atoms with Crippen LogP contribution in [0, 0.1) is 0 Å². The SMILES string of the molecule is Clc1ccc2c(NCCCN3CCOCC3)nc(C=Cc3ccccc3)nc2c1. The van der Waals surface area contributed by atoms with Gasteiger partial charge in [-0.25, -0.2) is 9.97 Å². The zero-order valence-electron chi connectivity index (χ0n) is 16.4. The first-order valence-electron chi connectivity index (χ1n) is 10.0. The van der Waals surface area contributed by atoms with Crippen molar-refractivity contribution in [3.8, 4) is 0 Å². The Morgan fingerprint density at radius 1 is 1.03 bits per heavy atom. The lowest BCUT2D eigenvalue weighted by Crippen LogP contribution is -2.37. The summed E-state index contributed by atoms with van der Waals surface area (Å²) in [6.45, 7) is 5.62. The van der Waals surface area contributed by atoms with E-state index >= 15 is 0 Å². The zero-order chi connectivity index (χ0) is 19.9. The molecule has 1 aliphatic rings. The van der Waals surface area contributed by atoms with E-state index in [2.05, 4.69) is 27.3 Å². The predicted molar refractivity (Wildman–Crippen MR) is 120 cm³/mol. The number of nitrogens with zero attached hydrogens (tertiary/aromatic N) is 3. The lowest BCUT2D eigenvalue weighted by molar-refractivity contribution is 0.0378. The quantitative estimate of drug-likeness (QED) is 0.579. The van der Waals surface area contributed by atoms with Gasteiger partial charge in [-0.1, -0.05) is 48.0 Å². The van der Waals surface area contributed by atoms with Gasteiger partial charge in [0.25, 0.3) is 0 Å². The van der Waals surface area contributed by atoms with Crippen molar-refractivity contribution in [2.45, 2.75) is 6.42 Å². The number of fused-ring (bicyclic) bond motifs is 1. The average Bonchev–Trinajstić information content (AvgIpc) is 2.76. The molecule has 1 fully saturated rings. The van der Waals surface area contributed by atoms with Gasteiger partial charge >= 0.3 is 0 Å². The summed E-state index contributed by atoms with van der Waals surface area (Å²) in [5.41, 5.74) is 1.96. The Kier molecular flexibility index (Phi) is 6.72. The molecule has 5 nitrogen and oxygen atoms in total. The summed E-state index contributed by atoms with van der Waals surface area (Å²) in [5, 5.41) is 5.16. The van der Waals surface area contributed by atoms with E-state index in [1.807, 2.05) is 48.6 Å². The number of hydrogen-bond acceptors (Lipinski definition) is 5. The third kappa shape index (κ3) is 5.54. The molecule has 0 saturated carbocycles. The second kappa shape index (κ2) is 9.83. The van der Waals surface area contributed by atoms with Crippen molar-refractivity contribution in [2.75, 3.05) is 44.7 Å². The molecule has 3 aromatic rings. The van der Waals surface area contributed by atoms with Gasteiger partial charge in [0, 0.05) is 30.0 Å². The zero-order valence-corrected chi connectivity index (χ0v) is 17.1. The minimum Gasteiger partial charge on any atom is -0.379 e. The predicted octanol–water partition coefficient (Wildman–Crippen LogP) is 4.59. The van der Waals surface area contributed by atoms with Crippen molar-refractivity contribution in [1.29, 1.82) is 0 Å². The first-order valence-corrected chi connectivity index (χ1v) is 10.4. The molecule has 1 N–H and O–H groups in total. The maximum absolute atomic E-state index is 6.19. The fourth-order valence-electron chi connectivity index (χ4n) is 3.40. The van der Waals surface area contributed by atoms with Gasteiger partial charge in [0.15, 0.2) is 5.82 Å². The third-order valence-electron chi connectivity index (χ3n) is 4.95. The highest BCUT2D eigenvalue weighted by Gasteiger charge is 2.10. The van der Waals surface area contributed by atoms with Crippen molar-refractivity contribution >= 4 is 40.5 Å². The molecule has 0 unspecified atom stereocenters. The lowest BCUT2D eigenvalue weighted by atomic mass is 10.2. The Balaban J connectivity index is 1.49. The Morgan fingerprint density at radius 2 is 1.86 bits per heavy atom. The van der Waals surface area contributed by atoms with E-state index in [4.69, 9.17) is 21.3 Å². The maximum Gasteiger partial charge on any atom is 0.154 e. The summed E-state index contributed by atoms with van der Waals surface area (Å²) in [4.78, 5) is 11.9. The molecule has 29 heavy (non-hydrogen) atoms. The van der Waals surface area contributed by atoms with Gasteiger partial charge in [0.1, 0.15) is 5.82 Å². The average molecular weight is 409 g/mol. The summed E-state index contributed by atoms with van der Waals surface area (Å²) in [6, 6.07) is 15.9. The molecule has 0 atom stereocenters. The van der Waals surface area contributed by atoms with Crippen molar-refractivity contribution in [3.63, 3.8) is 0 Å². The normalized spacial score (nSPS) is 15.2. The van der Waals surface area contributed by atoms with Gasteiger partial charge in [0.05, 0.1) is 18.7 Å². The van der Waals surface area contributed by atoms with Crippen molar-refractivity contribution in [1.82, 2.24) is 14.9 Å². The van der Waals surface area contributed by atoms with Crippen LogP contribution in [0.3, 0.4) is 0 Å². The van der Waals surface area contributed by atoms with Gasteiger partial charge in [-0.15, -0.1) is 0 Å². The Labute approximate surface area is 176 Å². The molecule has 0 bridgehead atoms. The highest BCUT2D eigenvalue weighted by atomic mass is 35.5. The monoisotopic (exact) mass is 408 g/mol. The largest absolute Gasteiger partial charge is 0.379 e. The van der Waals surface area contributed by atoms with E-state index in [0.29, 0.717) is 10.8 Å². The summed E-state index contributed by atoms with van der Waals surface area (Å²) < 4.78 is 5.41. The molecule has 1 aromatic heterocycles. The van der Waals surface area contributed by atoms with E-state index in [-0.39, 0.29) is 0 Å². The number of halogens is 1. The Bertz CT molecular complexity index is 971. The number of benzene rings is 2. The molecule has 0 spiro atoms. The van der Waals surface area contributed by atoms with Gasteiger partial charge < -0.3 is 10.1 Å². The van der Waals surface area contributed by atoms with Crippen molar-refractivity contribution in [2.24, 2.45) is 0 Å². The van der Waals surface area contributed by atoms with Crippen LogP contribution < -0.4 is 5.32 Å². The molecule has 1 aliphatic heterocycles. The summed E-state index contributed by atoms with van der Waals surface area (Å²) in [7, 11) is 0. The van der Waals surface area contributed by atoms with Crippen molar-refractivity contribution < 1.29 is 4.74 Å². The minimum absolute atomic E-state index is 0.666. The first kappa shape index (κ1) is 19.8. The number of nitrogens with one attached hydrogen (secondary N) is 1. The second-order valence-electron chi connectivity index (χ2n) is 7.07. The van der Waals surface area contributed by atoms with E-state index < -0.39 is 0 Å². The highest BCUT2D eigenvalue weighted by molar-refractivity contribution is 6.31. The fourth-order valence-corrected chi connectivity index (χ4v) is 3.57. The van der Waals surface area contributed by atoms with E-state index in [1.54, 1.807) is 0 Å². The van der Waals surface area contributed by atoms with Crippen LogP contribution in [0.5, 0.6) is 0 Å². The van der Waals surface area contributed by atoms with Gasteiger partial charge in [0.2, 0.25) is 0 Å². The molecular weight excluding hydrogens is 384 g/mol. The third-order valence-corrected chi connectivity index (χ3v) is 5.18. The van der Waals surface area contributed by atoms with Crippen LogP contribution in [0.4, 0.5) is 5.82 Å². The number of anilines is 1. The van der Waals surface area contributed by atoms with Gasteiger partial charge in [-0.2, -0.15) is 0 Å². The number of rotatable bonds is 7. The standard InChI is InChI=1S/C23H25ClN4O/c24-19-8-9-20-21(17-19)26-22(10-7-18-5-2-1-3-6-18)27-23(20)25-11-4-12-28-13-15-29-16-14-28/h1-3,5-10,17H,4,11-16H2,(H,25,26,27). The molecule has 0 aliphatic carbocycles. The van der Waals surface area contributed by atoms with Crippen LogP contribution in [-0.4, -0.2) is 54.3 Å². The van der Waals surface area contributed by atoms with Crippen LogP contribution in [0.1, 0.15) is 17.8 Å². The second-order valence-corrected chi connectivity index (χ2v) is 7.51.